The van der Waals surface area contributed by atoms with E-state index in [9.17, 15) is 13.2 Å². The molecule has 4 heteroatoms. The highest BCUT2D eigenvalue weighted by molar-refractivity contribution is 5.64. The van der Waals surface area contributed by atoms with Crippen molar-refractivity contribution in [3.8, 4) is 16.9 Å². The third-order valence-corrected chi connectivity index (χ3v) is 6.77. The fourth-order valence-electron chi connectivity index (χ4n) is 4.80. The number of unbranched alkanes of at least 4 members (excludes halogenated alkanes) is 1. The van der Waals surface area contributed by atoms with E-state index in [1.165, 1.54) is 75.5 Å². The molecule has 1 aliphatic rings. The van der Waals surface area contributed by atoms with Crippen molar-refractivity contribution >= 4 is 0 Å². The Morgan fingerprint density at radius 1 is 0.871 bits per heavy atom. The molecule has 0 bridgehead atoms. The quantitative estimate of drug-likeness (QED) is 0.384. The SMILES string of the molecule is CCCCC(C)CCC1CCC(c2ccc(-c3ccc(OC(F)(F)F)cc3)cc2)CC1. The van der Waals surface area contributed by atoms with E-state index in [-0.39, 0.29) is 5.75 Å². The Balaban J connectivity index is 1.48. The van der Waals surface area contributed by atoms with Crippen LogP contribution in [0.25, 0.3) is 11.1 Å². The predicted molar refractivity (Wildman–Crippen MR) is 121 cm³/mol. The molecule has 1 saturated carbocycles. The van der Waals surface area contributed by atoms with E-state index in [1.807, 2.05) is 0 Å². The van der Waals surface area contributed by atoms with Crippen LogP contribution in [-0.4, -0.2) is 6.36 Å². The normalized spacial score (nSPS) is 20.4. The Bertz CT molecular complexity index is 772. The first-order chi connectivity index (χ1) is 14.8. The fraction of sp³-hybridized carbons (Fsp3) is 0.556. The van der Waals surface area contributed by atoms with Gasteiger partial charge in [0.25, 0.3) is 0 Å². The average molecular weight is 433 g/mol. The minimum absolute atomic E-state index is 0.190. The lowest BCUT2D eigenvalue weighted by Crippen LogP contribution is -2.16. The fourth-order valence-corrected chi connectivity index (χ4v) is 4.80. The summed E-state index contributed by atoms with van der Waals surface area (Å²) in [6.07, 6.45) is 7.30. The molecule has 1 fully saturated rings. The van der Waals surface area contributed by atoms with Gasteiger partial charge in [-0.1, -0.05) is 82.3 Å². The molecule has 31 heavy (non-hydrogen) atoms. The molecule has 3 rings (SSSR count). The molecule has 1 atom stereocenters. The zero-order valence-electron chi connectivity index (χ0n) is 18.8. The summed E-state index contributed by atoms with van der Waals surface area (Å²) in [5.74, 6) is 2.19. The molecule has 1 aliphatic carbocycles. The second-order valence-electron chi connectivity index (χ2n) is 9.24. The Labute approximate surface area is 185 Å². The maximum absolute atomic E-state index is 12.3. The molecular formula is C27H35F3O. The molecule has 170 valence electrons. The van der Waals surface area contributed by atoms with Gasteiger partial charge in [-0.05, 0) is 72.3 Å². The average Bonchev–Trinajstić information content (AvgIpc) is 2.76. The van der Waals surface area contributed by atoms with Crippen LogP contribution >= 0.6 is 0 Å². The van der Waals surface area contributed by atoms with Crippen molar-refractivity contribution in [3.63, 3.8) is 0 Å². The lowest BCUT2D eigenvalue weighted by molar-refractivity contribution is -0.274. The first-order valence-electron chi connectivity index (χ1n) is 11.8. The lowest BCUT2D eigenvalue weighted by Gasteiger charge is -2.29. The van der Waals surface area contributed by atoms with Crippen LogP contribution in [0.2, 0.25) is 0 Å². The summed E-state index contributed by atoms with van der Waals surface area (Å²) in [6.45, 7) is 4.67. The maximum atomic E-state index is 12.3. The standard InChI is InChI=1S/C27H35F3O/c1-3-4-5-20(2)6-7-21-8-10-22(11-9-21)23-12-14-24(15-13-23)25-16-18-26(19-17-25)31-27(28,29)30/h12-22H,3-11H2,1-2H3. The van der Waals surface area contributed by atoms with E-state index in [0.717, 1.165) is 23.0 Å². The van der Waals surface area contributed by atoms with Crippen LogP contribution in [0.1, 0.15) is 83.1 Å². The van der Waals surface area contributed by atoms with Gasteiger partial charge in [0.2, 0.25) is 0 Å². The number of hydrogen-bond acceptors (Lipinski definition) is 1. The molecule has 1 nitrogen and oxygen atoms in total. The van der Waals surface area contributed by atoms with Gasteiger partial charge in [-0.15, -0.1) is 13.2 Å². The van der Waals surface area contributed by atoms with Gasteiger partial charge in [0.15, 0.2) is 0 Å². The van der Waals surface area contributed by atoms with Crippen LogP contribution in [0, 0.1) is 11.8 Å². The number of rotatable bonds is 9. The first kappa shape index (κ1) is 23.7. The largest absolute Gasteiger partial charge is 0.573 e. The molecule has 0 aromatic heterocycles. The highest BCUT2D eigenvalue weighted by atomic mass is 19.4. The van der Waals surface area contributed by atoms with E-state index in [2.05, 4.69) is 42.8 Å². The van der Waals surface area contributed by atoms with Crippen LogP contribution in [0.5, 0.6) is 5.75 Å². The summed E-state index contributed by atoms with van der Waals surface area (Å²) in [7, 11) is 0. The minimum Gasteiger partial charge on any atom is -0.406 e. The first-order valence-corrected chi connectivity index (χ1v) is 11.8. The highest BCUT2D eigenvalue weighted by Gasteiger charge is 2.31. The summed E-state index contributed by atoms with van der Waals surface area (Å²) >= 11 is 0. The molecule has 0 saturated heterocycles. The molecule has 0 amide bonds. The van der Waals surface area contributed by atoms with Gasteiger partial charge in [0.1, 0.15) is 5.75 Å². The summed E-state index contributed by atoms with van der Waals surface area (Å²) in [4.78, 5) is 0. The van der Waals surface area contributed by atoms with Crippen molar-refractivity contribution in [2.45, 2.75) is 83.9 Å². The number of hydrogen-bond donors (Lipinski definition) is 0. The minimum atomic E-state index is -4.66. The van der Waals surface area contributed by atoms with Crippen molar-refractivity contribution in [2.24, 2.45) is 11.8 Å². The molecule has 0 spiro atoms. The van der Waals surface area contributed by atoms with Gasteiger partial charge in [-0.25, -0.2) is 0 Å². The van der Waals surface area contributed by atoms with E-state index >= 15 is 0 Å². The highest BCUT2D eigenvalue weighted by Crippen LogP contribution is 2.39. The molecule has 2 aromatic rings. The molecule has 0 heterocycles. The molecule has 0 radical (unpaired) electrons. The third kappa shape index (κ3) is 7.59. The van der Waals surface area contributed by atoms with Crippen molar-refractivity contribution in [2.75, 3.05) is 0 Å². The van der Waals surface area contributed by atoms with Crippen molar-refractivity contribution < 1.29 is 17.9 Å². The van der Waals surface area contributed by atoms with Gasteiger partial charge >= 0.3 is 6.36 Å². The van der Waals surface area contributed by atoms with Gasteiger partial charge in [-0.2, -0.15) is 0 Å². The van der Waals surface area contributed by atoms with E-state index < -0.39 is 6.36 Å². The Morgan fingerprint density at radius 2 is 1.45 bits per heavy atom. The van der Waals surface area contributed by atoms with Gasteiger partial charge in [0, 0.05) is 0 Å². The molecular weight excluding hydrogens is 397 g/mol. The molecule has 0 N–H and O–H groups in total. The molecule has 2 aromatic carbocycles. The van der Waals surface area contributed by atoms with E-state index in [1.54, 1.807) is 12.1 Å². The zero-order chi connectivity index (χ0) is 22.3. The Hall–Kier alpha value is -1.97. The number of alkyl halides is 3. The topological polar surface area (TPSA) is 9.23 Å². The number of ether oxygens (including phenoxy) is 1. The molecule has 1 unspecified atom stereocenters. The monoisotopic (exact) mass is 432 g/mol. The summed E-state index contributed by atoms with van der Waals surface area (Å²) in [5.41, 5.74) is 3.29. The van der Waals surface area contributed by atoms with Crippen LogP contribution in [0.3, 0.4) is 0 Å². The van der Waals surface area contributed by atoms with Gasteiger partial charge in [-0.3, -0.25) is 0 Å². The Morgan fingerprint density at radius 3 is 2.00 bits per heavy atom. The summed E-state index contributed by atoms with van der Waals surface area (Å²) in [5, 5.41) is 0. The molecule has 0 aliphatic heterocycles. The van der Waals surface area contributed by atoms with Crippen molar-refractivity contribution in [1.29, 1.82) is 0 Å². The second-order valence-corrected chi connectivity index (χ2v) is 9.24. The van der Waals surface area contributed by atoms with Gasteiger partial charge < -0.3 is 4.74 Å². The van der Waals surface area contributed by atoms with Crippen LogP contribution < -0.4 is 4.74 Å². The third-order valence-electron chi connectivity index (χ3n) is 6.77. The second kappa shape index (κ2) is 11.1. The van der Waals surface area contributed by atoms with Crippen LogP contribution in [0.15, 0.2) is 48.5 Å². The smallest absolute Gasteiger partial charge is 0.406 e. The van der Waals surface area contributed by atoms with E-state index in [4.69, 9.17) is 0 Å². The van der Waals surface area contributed by atoms with Crippen LogP contribution in [0.4, 0.5) is 13.2 Å². The summed E-state index contributed by atoms with van der Waals surface area (Å²) < 4.78 is 40.9. The lowest BCUT2D eigenvalue weighted by atomic mass is 9.76. The number of benzene rings is 2. The predicted octanol–water partition coefficient (Wildman–Crippen LogP) is 9.13. The number of halogens is 3. The Kier molecular flexibility index (Phi) is 8.45. The zero-order valence-corrected chi connectivity index (χ0v) is 18.8. The van der Waals surface area contributed by atoms with E-state index in [0.29, 0.717) is 5.92 Å². The van der Waals surface area contributed by atoms with Gasteiger partial charge in [0.05, 0.1) is 0 Å². The maximum Gasteiger partial charge on any atom is 0.573 e. The van der Waals surface area contributed by atoms with Crippen LogP contribution in [-0.2, 0) is 0 Å². The summed E-state index contributed by atoms with van der Waals surface area (Å²) in [6, 6.07) is 14.6. The van der Waals surface area contributed by atoms with Crippen molar-refractivity contribution in [1.82, 2.24) is 0 Å². The van der Waals surface area contributed by atoms with Crippen molar-refractivity contribution in [3.05, 3.63) is 54.1 Å².